The van der Waals surface area contributed by atoms with Crippen LogP contribution in [0.5, 0.6) is 0 Å². The number of allylic oxidation sites excluding steroid dienone is 1. The van der Waals surface area contributed by atoms with E-state index in [0.717, 1.165) is 12.8 Å². The Labute approximate surface area is 184 Å². The first-order chi connectivity index (χ1) is 14.7. The molecule has 0 aromatic carbocycles. The highest BCUT2D eigenvalue weighted by Gasteiger charge is 2.39. The van der Waals surface area contributed by atoms with Crippen LogP contribution in [-0.2, 0) is 9.47 Å². The molecule has 0 unspecified atom stereocenters. The Morgan fingerprint density at radius 3 is 1.70 bits per heavy atom. The molecule has 0 radical (unpaired) electrons. The fourth-order valence-corrected chi connectivity index (χ4v) is 4.13. The van der Waals surface area contributed by atoms with Crippen molar-refractivity contribution >= 4 is 0 Å². The summed E-state index contributed by atoms with van der Waals surface area (Å²) in [4.78, 5) is 0. The summed E-state index contributed by atoms with van der Waals surface area (Å²) in [6, 6.07) is 0. The highest BCUT2D eigenvalue weighted by atomic mass is 16.6. The van der Waals surface area contributed by atoms with Gasteiger partial charge in [0.25, 0.3) is 0 Å². The number of unbranched alkanes of at least 4 members (excludes halogenated alkanes) is 15. The lowest BCUT2D eigenvalue weighted by molar-refractivity contribution is -0.211. The predicted octanol–water partition coefficient (Wildman–Crippen LogP) is 4.91. The molecule has 1 aliphatic rings. The Morgan fingerprint density at radius 1 is 0.767 bits per heavy atom. The number of hydrogen-bond donors (Lipinski definition) is 3. The summed E-state index contributed by atoms with van der Waals surface area (Å²) in [6.07, 6.45) is 19.7. The molecule has 0 saturated carbocycles. The van der Waals surface area contributed by atoms with Crippen LogP contribution in [-0.4, -0.2) is 59.6 Å². The topological polar surface area (TPSA) is 79.2 Å². The fourth-order valence-electron chi connectivity index (χ4n) is 4.13. The summed E-state index contributed by atoms with van der Waals surface area (Å²) >= 11 is 0. The van der Waals surface area contributed by atoms with Gasteiger partial charge in [-0.1, -0.05) is 89.5 Å². The average Bonchev–Trinajstić information content (AvgIpc) is 2.75. The lowest BCUT2D eigenvalue weighted by Crippen LogP contribution is -2.55. The van der Waals surface area contributed by atoms with E-state index in [1.165, 1.54) is 89.9 Å². The predicted molar refractivity (Wildman–Crippen MR) is 123 cm³/mol. The van der Waals surface area contributed by atoms with Gasteiger partial charge in [0.15, 0.2) is 0 Å². The van der Waals surface area contributed by atoms with Crippen molar-refractivity contribution in [2.24, 2.45) is 0 Å². The van der Waals surface area contributed by atoms with Crippen molar-refractivity contribution in [3.63, 3.8) is 0 Å². The number of aliphatic hydroxyl groups is 3. The van der Waals surface area contributed by atoms with E-state index in [1.54, 1.807) is 0 Å². The highest BCUT2D eigenvalue weighted by molar-refractivity contribution is 4.87. The molecule has 1 heterocycles. The molecule has 1 aliphatic heterocycles. The summed E-state index contributed by atoms with van der Waals surface area (Å²) in [5, 5.41) is 29.0. The summed E-state index contributed by atoms with van der Waals surface area (Å²) in [5.41, 5.74) is 0. The molecule has 0 spiro atoms. The Bertz CT molecular complexity index is 388. The minimum Gasteiger partial charge on any atom is -0.394 e. The third-order valence-corrected chi connectivity index (χ3v) is 6.12. The molecular weight excluding hydrogens is 380 g/mol. The van der Waals surface area contributed by atoms with E-state index in [1.807, 2.05) is 6.08 Å². The van der Waals surface area contributed by atoms with Crippen LogP contribution in [0, 0.1) is 0 Å². The molecule has 3 N–H and O–H groups in total. The largest absolute Gasteiger partial charge is 0.394 e. The lowest BCUT2D eigenvalue weighted by atomic mass is 10.0. The summed E-state index contributed by atoms with van der Waals surface area (Å²) in [6.45, 7) is 4.14. The van der Waals surface area contributed by atoms with Crippen LogP contribution in [0.2, 0.25) is 0 Å². The van der Waals surface area contributed by atoms with Gasteiger partial charge >= 0.3 is 0 Å². The van der Waals surface area contributed by atoms with E-state index >= 15 is 0 Å². The Balaban J connectivity index is 1.82. The van der Waals surface area contributed by atoms with Gasteiger partial charge in [-0.2, -0.15) is 0 Å². The number of ether oxygens (including phenoxy) is 2. The molecule has 5 nitrogen and oxygen atoms in total. The Morgan fingerprint density at radius 2 is 1.23 bits per heavy atom. The lowest BCUT2D eigenvalue weighted by Gasteiger charge is -2.37. The van der Waals surface area contributed by atoms with Gasteiger partial charge in [-0.15, -0.1) is 6.58 Å². The van der Waals surface area contributed by atoms with Crippen LogP contribution in [0.15, 0.2) is 12.7 Å². The molecule has 0 bridgehead atoms. The molecule has 0 aromatic rings. The molecule has 0 aliphatic carbocycles. The fraction of sp³-hybridized carbons (Fsp3) is 0.920. The van der Waals surface area contributed by atoms with Crippen molar-refractivity contribution < 1.29 is 24.8 Å². The van der Waals surface area contributed by atoms with Crippen molar-refractivity contribution in [3.05, 3.63) is 12.7 Å². The van der Waals surface area contributed by atoms with Gasteiger partial charge in [-0.3, -0.25) is 0 Å². The first-order valence-corrected chi connectivity index (χ1v) is 12.5. The van der Waals surface area contributed by atoms with Crippen molar-refractivity contribution in [2.45, 2.75) is 127 Å². The zero-order valence-corrected chi connectivity index (χ0v) is 19.2. The van der Waals surface area contributed by atoms with E-state index in [-0.39, 0.29) is 13.2 Å². The highest BCUT2D eigenvalue weighted by Crippen LogP contribution is 2.19. The molecule has 5 heteroatoms. The number of aliphatic hydroxyl groups excluding tert-OH is 3. The summed E-state index contributed by atoms with van der Waals surface area (Å²) < 4.78 is 11.0. The molecule has 1 fully saturated rings. The standard InChI is InChI=1S/C25H48O5/c1-2-3-4-5-6-7-8-9-10-11-12-13-14-15-16-17-18-19-29-25-23(20-26)30-21-22(27)24(25)28/h2,22-28H,1,3-21H2/t22-,23+,24+,25+/m0/s1. The van der Waals surface area contributed by atoms with E-state index in [9.17, 15) is 15.3 Å². The van der Waals surface area contributed by atoms with Crippen molar-refractivity contribution in [1.29, 1.82) is 0 Å². The average molecular weight is 429 g/mol. The molecule has 0 aromatic heterocycles. The van der Waals surface area contributed by atoms with Gasteiger partial charge < -0.3 is 24.8 Å². The first-order valence-electron chi connectivity index (χ1n) is 12.5. The molecule has 1 saturated heterocycles. The molecule has 30 heavy (non-hydrogen) atoms. The van der Waals surface area contributed by atoms with E-state index in [0.29, 0.717) is 6.61 Å². The van der Waals surface area contributed by atoms with Crippen LogP contribution in [0.3, 0.4) is 0 Å². The van der Waals surface area contributed by atoms with Crippen LogP contribution >= 0.6 is 0 Å². The minimum atomic E-state index is -0.988. The zero-order chi connectivity index (χ0) is 21.9. The summed E-state index contributed by atoms with van der Waals surface area (Å²) in [7, 11) is 0. The molecular formula is C25H48O5. The van der Waals surface area contributed by atoms with Gasteiger partial charge in [0.05, 0.1) is 13.2 Å². The number of rotatable bonds is 20. The Kier molecular flexibility index (Phi) is 17.7. The van der Waals surface area contributed by atoms with E-state index in [2.05, 4.69) is 6.58 Å². The van der Waals surface area contributed by atoms with E-state index < -0.39 is 24.4 Å². The minimum absolute atomic E-state index is 0.0443. The zero-order valence-electron chi connectivity index (χ0n) is 19.2. The van der Waals surface area contributed by atoms with Crippen LogP contribution in [0.25, 0.3) is 0 Å². The second kappa shape index (κ2) is 19.2. The molecule has 178 valence electrons. The maximum atomic E-state index is 10.0. The third-order valence-electron chi connectivity index (χ3n) is 6.12. The maximum Gasteiger partial charge on any atom is 0.114 e. The second-order valence-corrected chi connectivity index (χ2v) is 8.83. The monoisotopic (exact) mass is 428 g/mol. The molecule has 4 atom stereocenters. The molecule has 1 rings (SSSR count). The van der Waals surface area contributed by atoms with Gasteiger partial charge in [0.1, 0.15) is 24.4 Å². The van der Waals surface area contributed by atoms with Gasteiger partial charge in [0.2, 0.25) is 0 Å². The first kappa shape index (κ1) is 27.6. The van der Waals surface area contributed by atoms with Crippen molar-refractivity contribution in [1.82, 2.24) is 0 Å². The smallest absolute Gasteiger partial charge is 0.114 e. The van der Waals surface area contributed by atoms with Crippen molar-refractivity contribution in [2.75, 3.05) is 19.8 Å². The van der Waals surface area contributed by atoms with Gasteiger partial charge in [-0.05, 0) is 19.3 Å². The van der Waals surface area contributed by atoms with Gasteiger partial charge in [0, 0.05) is 6.61 Å². The SMILES string of the molecule is C=CCCCCCCCCCCCCCCCCCO[C@H]1[C@H](O)[C@@H](O)CO[C@@H]1CO. The normalized spacial score (nSPS) is 24.2. The van der Waals surface area contributed by atoms with Gasteiger partial charge in [-0.25, -0.2) is 0 Å². The van der Waals surface area contributed by atoms with Crippen molar-refractivity contribution in [3.8, 4) is 0 Å². The second-order valence-electron chi connectivity index (χ2n) is 8.83. The summed E-state index contributed by atoms with van der Waals surface area (Å²) in [5.74, 6) is 0. The van der Waals surface area contributed by atoms with Crippen LogP contribution in [0.4, 0.5) is 0 Å². The quantitative estimate of drug-likeness (QED) is 0.190. The van der Waals surface area contributed by atoms with Crippen LogP contribution < -0.4 is 0 Å². The molecule has 0 amide bonds. The van der Waals surface area contributed by atoms with Crippen LogP contribution in [0.1, 0.15) is 103 Å². The third kappa shape index (κ3) is 13.1. The Hall–Kier alpha value is -0.460. The van der Waals surface area contributed by atoms with E-state index in [4.69, 9.17) is 9.47 Å². The number of hydrogen-bond acceptors (Lipinski definition) is 5. The maximum absolute atomic E-state index is 10.0.